The van der Waals surface area contributed by atoms with Gasteiger partial charge in [-0.1, -0.05) is 0 Å². The molecule has 0 heterocycles. The van der Waals surface area contributed by atoms with E-state index < -0.39 is 11.1 Å². The Bertz CT molecular complexity index is 425. The molecule has 0 rings (SSSR count). The third-order valence-corrected chi connectivity index (χ3v) is 2.42. The Morgan fingerprint density at radius 3 is 1.33 bits per heavy atom. The molecule has 0 aliphatic carbocycles. The predicted molar refractivity (Wildman–Crippen MR) is 62.6 cm³/mol. The second kappa shape index (κ2) is 7.00. The van der Waals surface area contributed by atoms with Gasteiger partial charge in [0.15, 0.2) is 11.1 Å². The summed E-state index contributed by atoms with van der Waals surface area (Å²) in [7, 11) is 0. The van der Waals surface area contributed by atoms with Crippen molar-refractivity contribution in [3.05, 3.63) is 0 Å². The van der Waals surface area contributed by atoms with Gasteiger partial charge in [-0.25, -0.2) is 0 Å². The monoisotopic (exact) mass is 242 g/mol. The van der Waals surface area contributed by atoms with E-state index in [0.29, 0.717) is 0 Å². The molecule has 2 unspecified atom stereocenters. The number of hydrogen-bond acceptors (Lipinski definition) is 6. The van der Waals surface area contributed by atoms with Gasteiger partial charge in [0.25, 0.3) is 0 Å². The van der Waals surface area contributed by atoms with Crippen molar-refractivity contribution in [1.29, 1.82) is 21.0 Å². The third-order valence-electron chi connectivity index (χ3n) is 2.42. The van der Waals surface area contributed by atoms with Crippen molar-refractivity contribution in [1.82, 2.24) is 0 Å². The minimum Gasteiger partial charge on any atom is -0.198 e. The van der Waals surface area contributed by atoms with E-state index in [1.807, 2.05) is 24.3 Å². The Balaban J connectivity index is 4.88. The summed E-state index contributed by atoms with van der Waals surface area (Å²) in [6.07, 6.45) is 0.932. The molecule has 0 aromatic heterocycles. The molecule has 18 heavy (non-hydrogen) atoms. The summed E-state index contributed by atoms with van der Waals surface area (Å²) in [5.41, 5.74) is -2.19. The zero-order chi connectivity index (χ0) is 14.1. The first-order valence-corrected chi connectivity index (χ1v) is 5.46. The zero-order valence-electron chi connectivity index (χ0n) is 10.5. The maximum Gasteiger partial charge on any atom is 0.165 e. The quantitative estimate of drug-likeness (QED) is 0.664. The fraction of sp³-hybridized carbons (Fsp3) is 0.667. The summed E-state index contributed by atoms with van der Waals surface area (Å²) in [4.78, 5) is 0. The summed E-state index contributed by atoms with van der Waals surface area (Å²) >= 11 is 0. The number of hydrogen-bond donors (Lipinski definition) is 0. The summed E-state index contributed by atoms with van der Waals surface area (Å²) in [6, 6.07) is 7.84. The Kier molecular flexibility index (Phi) is 6.05. The second-order valence-corrected chi connectivity index (χ2v) is 4.29. The smallest absolute Gasteiger partial charge is 0.165 e. The van der Waals surface area contributed by atoms with Gasteiger partial charge in [-0.15, -0.1) is 0 Å². The molecule has 0 N–H and O–H groups in total. The van der Waals surface area contributed by atoms with E-state index in [4.69, 9.17) is 21.0 Å². The number of rotatable bonds is 6. The normalized spacial score (nSPS) is 16.6. The molecule has 0 radical (unpaired) electrons. The molecule has 0 amide bonds. The van der Waals surface area contributed by atoms with Gasteiger partial charge in [0.2, 0.25) is 0 Å². The average Bonchev–Trinajstić information content (AvgIpc) is 2.40. The van der Waals surface area contributed by atoms with Crippen LogP contribution in [0.4, 0.5) is 0 Å². The average molecular weight is 242 g/mol. The maximum absolute atomic E-state index is 9.01. The van der Waals surface area contributed by atoms with E-state index in [0.717, 1.165) is 0 Å². The molecular formula is C12H14N6. The molecule has 92 valence electrons. The van der Waals surface area contributed by atoms with Crippen LogP contribution in [0.5, 0.6) is 0 Å². The van der Waals surface area contributed by atoms with Crippen LogP contribution in [0, 0.1) is 45.3 Å². The first-order chi connectivity index (χ1) is 8.45. The molecule has 0 aromatic rings. The Hall–Kier alpha value is -2.44. The standard InChI is InChI=1S/C12H14N6/c1-11(9-15,5-3-7-13)17-18-12(2,10-16)6-4-8-14/h3-6H2,1-2H3. The third kappa shape index (κ3) is 5.06. The van der Waals surface area contributed by atoms with Crippen LogP contribution in [0.3, 0.4) is 0 Å². The molecule has 2 atom stereocenters. The topological polar surface area (TPSA) is 120 Å². The summed E-state index contributed by atoms with van der Waals surface area (Å²) in [6.45, 7) is 3.13. The molecule has 0 bridgehead atoms. The van der Waals surface area contributed by atoms with Crippen LogP contribution >= 0.6 is 0 Å². The van der Waals surface area contributed by atoms with E-state index in [2.05, 4.69) is 10.2 Å². The van der Waals surface area contributed by atoms with Crippen molar-refractivity contribution in [2.24, 2.45) is 10.2 Å². The van der Waals surface area contributed by atoms with Crippen molar-refractivity contribution < 1.29 is 0 Å². The summed E-state index contributed by atoms with van der Waals surface area (Å²) < 4.78 is 0. The first kappa shape index (κ1) is 15.6. The lowest BCUT2D eigenvalue weighted by Gasteiger charge is -2.17. The lowest BCUT2D eigenvalue weighted by atomic mass is 9.98. The van der Waals surface area contributed by atoms with Crippen LogP contribution in [0.1, 0.15) is 39.5 Å². The minimum atomic E-state index is -1.10. The maximum atomic E-state index is 9.01. The summed E-state index contributed by atoms with van der Waals surface area (Å²) in [5, 5.41) is 42.8. The number of nitriles is 4. The Labute approximate surface area is 107 Å². The molecule has 0 saturated carbocycles. The van der Waals surface area contributed by atoms with Crippen molar-refractivity contribution in [3.63, 3.8) is 0 Å². The van der Waals surface area contributed by atoms with E-state index >= 15 is 0 Å². The highest BCUT2D eigenvalue weighted by Crippen LogP contribution is 2.22. The minimum absolute atomic E-state index is 0.199. The van der Waals surface area contributed by atoms with Gasteiger partial charge in [0, 0.05) is 25.7 Å². The van der Waals surface area contributed by atoms with Crippen LogP contribution in [0.15, 0.2) is 10.2 Å². The van der Waals surface area contributed by atoms with Gasteiger partial charge in [0.05, 0.1) is 24.3 Å². The van der Waals surface area contributed by atoms with Crippen LogP contribution in [-0.4, -0.2) is 11.1 Å². The molecule has 6 nitrogen and oxygen atoms in total. The molecule has 0 saturated heterocycles. The van der Waals surface area contributed by atoms with Gasteiger partial charge >= 0.3 is 0 Å². The van der Waals surface area contributed by atoms with Crippen LogP contribution in [0.2, 0.25) is 0 Å². The van der Waals surface area contributed by atoms with Gasteiger partial charge in [-0.05, 0) is 13.8 Å². The lowest BCUT2D eigenvalue weighted by molar-refractivity contribution is 0.457. The van der Waals surface area contributed by atoms with E-state index in [1.54, 1.807) is 13.8 Å². The largest absolute Gasteiger partial charge is 0.198 e. The number of nitrogens with zero attached hydrogens (tertiary/aromatic N) is 6. The molecule has 0 aliphatic rings. The second-order valence-electron chi connectivity index (χ2n) is 4.29. The Morgan fingerprint density at radius 1 is 0.778 bits per heavy atom. The SMILES string of the molecule is CC(C#N)(CCC#N)N=NC(C)(C#N)CCC#N. The van der Waals surface area contributed by atoms with Crippen LogP contribution < -0.4 is 0 Å². The molecule has 0 fully saturated rings. The number of azo groups is 1. The van der Waals surface area contributed by atoms with Gasteiger partial charge in [-0.2, -0.15) is 31.3 Å². The zero-order valence-corrected chi connectivity index (χ0v) is 10.5. The van der Waals surface area contributed by atoms with Crippen LogP contribution in [0.25, 0.3) is 0 Å². The fourth-order valence-corrected chi connectivity index (χ4v) is 1.08. The lowest BCUT2D eigenvalue weighted by Crippen LogP contribution is -2.23. The fourth-order valence-electron chi connectivity index (χ4n) is 1.08. The van der Waals surface area contributed by atoms with Gasteiger partial charge in [-0.3, -0.25) is 0 Å². The first-order valence-electron chi connectivity index (χ1n) is 5.46. The highest BCUT2D eigenvalue weighted by atomic mass is 15.2. The summed E-state index contributed by atoms with van der Waals surface area (Å²) in [5.74, 6) is 0. The predicted octanol–water partition coefficient (Wildman–Crippen LogP) is 2.61. The van der Waals surface area contributed by atoms with Crippen LogP contribution in [-0.2, 0) is 0 Å². The van der Waals surface area contributed by atoms with E-state index in [-0.39, 0.29) is 25.7 Å². The highest BCUT2D eigenvalue weighted by molar-refractivity contribution is 5.08. The molecule has 6 heteroatoms. The molecule has 0 spiro atoms. The van der Waals surface area contributed by atoms with Gasteiger partial charge in [0.1, 0.15) is 0 Å². The van der Waals surface area contributed by atoms with Crippen molar-refractivity contribution in [2.45, 2.75) is 50.6 Å². The molecule has 0 aliphatic heterocycles. The van der Waals surface area contributed by atoms with Gasteiger partial charge < -0.3 is 0 Å². The molecular weight excluding hydrogens is 228 g/mol. The van der Waals surface area contributed by atoms with E-state index in [1.165, 1.54) is 0 Å². The van der Waals surface area contributed by atoms with Crippen molar-refractivity contribution in [2.75, 3.05) is 0 Å². The van der Waals surface area contributed by atoms with Crippen molar-refractivity contribution in [3.8, 4) is 24.3 Å². The van der Waals surface area contributed by atoms with Crippen molar-refractivity contribution >= 4 is 0 Å². The Morgan fingerprint density at radius 2 is 1.11 bits per heavy atom. The highest BCUT2D eigenvalue weighted by Gasteiger charge is 2.27. The van der Waals surface area contributed by atoms with E-state index in [9.17, 15) is 0 Å². The molecule has 0 aromatic carbocycles.